The van der Waals surface area contributed by atoms with Gasteiger partial charge in [-0.25, -0.2) is 0 Å². The Morgan fingerprint density at radius 1 is 1.47 bits per heavy atom. The Hall–Kier alpha value is -0.870. The first-order valence-corrected chi connectivity index (χ1v) is 6.63. The summed E-state index contributed by atoms with van der Waals surface area (Å²) >= 11 is 3.47. The topological polar surface area (TPSA) is 55.1 Å². The van der Waals surface area contributed by atoms with Crippen molar-refractivity contribution < 1.29 is 4.79 Å². The van der Waals surface area contributed by atoms with Crippen molar-refractivity contribution in [1.82, 2.24) is 5.32 Å². The van der Waals surface area contributed by atoms with Crippen LogP contribution in [-0.4, -0.2) is 19.0 Å². The molecule has 17 heavy (non-hydrogen) atoms. The average molecular weight is 299 g/mol. The highest BCUT2D eigenvalue weighted by Crippen LogP contribution is 2.17. The second kappa shape index (κ2) is 7.45. The minimum absolute atomic E-state index is 0.0843. The second-order valence-electron chi connectivity index (χ2n) is 4.24. The third kappa shape index (κ3) is 5.33. The fourth-order valence-corrected chi connectivity index (χ4v) is 1.89. The fourth-order valence-electron chi connectivity index (χ4n) is 1.41. The highest BCUT2D eigenvalue weighted by Gasteiger charge is 2.05. The number of rotatable bonds is 6. The molecule has 0 saturated carbocycles. The summed E-state index contributed by atoms with van der Waals surface area (Å²) in [6, 6.07) is 7.97. The molecule has 1 unspecified atom stereocenters. The van der Waals surface area contributed by atoms with E-state index in [2.05, 4.69) is 21.2 Å². The molecule has 1 rings (SSSR count). The van der Waals surface area contributed by atoms with Crippen LogP contribution in [0.25, 0.3) is 0 Å². The van der Waals surface area contributed by atoms with Gasteiger partial charge in [0, 0.05) is 17.4 Å². The van der Waals surface area contributed by atoms with E-state index in [1.54, 1.807) is 0 Å². The first-order chi connectivity index (χ1) is 8.13. The summed E-state index contributed by atoms with van der Waals surface area (Å²) in [5.41, 5.74) is 6.65. The van der Waals surface area contributed by atoms with Gasteiger partial charge < -0.3 is 11.1 Å². The first kappa shape index (κ1) is 14.2. The van der Waals surface area contributed by atoms with E-state index in [9.17, 15) is 4.79 Å². The third-order valence-corrected chi connectivity index (χ3v) is 3.40. The number of hydrogen-bond acceptors (Lipinski definition) is 2. The molecule has 0 saturated heterocycles. The van der Waals surface area contributed by atoms with Crippen LogP contribution in [0.5, 0.6) is 0 Å². The fraction of sp³-hybridized carbons (Fsp3) is 0.462. The number of nitrogens with two attached hydrogens (primary N) is 1. The van der Waals surface area contributed by atoms with E-state index in [-0.39, 0.29) is 5.91 Å². The van der Waals surface area contributed by atoms with Gasteiger partial charge in [-0.3, -0.25) is 4.79 Å². The summed E-state index contributed by atoms with van der Waals surface area (Å²) in [7, 11) is 0. The SMILES string of the molecule is CC(CN)CNC(=O)CCc1ccccc1Br. The zero-order valence-electron chi connectivity index (χ0n) is 10.1. The van der Waals surface area contributed by atoms with Gasteiger partial charge in [0.2, 0.25) is 5.91 Å². The summed E-state index contributed by atoms with van der Waals surface area (Å²) in [5.74, 6) is 0.420. The molecule has 0 aromatic heterocycles. The maximum Gasteiger partial charge on any atom is 0.220 e. The van der Waals surface area contributed by atoms with Crippen molar-refractivity contribution in [2.45, 2.75) is 19.8 Å². The van der Waals surface area contributed by atoms with Crippen LogP contribution in [0.2, 0.25) is 0 Å². The molecule has 3 nitrogen and oxygen atoms in total. The second-order valence-corrected chi connectivity index (χ2v) is 5.09. The highest BCUT2D eigenvalue weighted by molar-refractivity contribution is 9.10. The van der Waals surface area contributed by atoms with E-state index in [1.807, 2.05) is 31.2 Å². The molecule has 0 aliphatic heterocycles. The Morgan fingerprint density at radius 3 is 2.82 bits per heavy atom. The van der Waals surface area contributed by atoms with E-state index in [4.69, 9.17) is 5.73 Å². The van der Waals surface area contributed by atoms with Crippen LogP contribution in [0.4, 0.5) is 0 Å². The molecule has 1 atom stereocenters. The number of benzene rings is 1. The number of hydrogen-bond donors (Lipinski definition) is 2. The standard InChI is InChI=1S/C13H19BrN2O/c1-10(8-15)9-16-13(17)7-6-11-4-2-3-5-12(11)14/h2-5,10H,6-9,15H2,1H3,(H,16,17). The van der Waals surface area contributed by atoms with Crippen LogP contribution >= 0.6 is 15.9 Å². The third-order valence-electron chi connectivity index (χ3n) is 2.63. The lowest BCUT2D eigenvalue weighted by molar-refractivity contribution is -0.121. The molecule has 0 aliphatic rings. The Morgan fingerprint density at radius 2 is 2.18 bits per heavy atom. The lowest BCUT2D eigenvalue weighted by Crippen LogP contribution is -2.31. The van der Waals surface area contributed by atoms with Crippen molar-refractivity contribution >= 4 is 21.8 Å². The van der Waals surface area contributed by atoms with Crippen LogP contribution in [0.1, 0.15) is 18.9 Å². The molecule has 0 bridgehead atoms. The maximum absolute atomic E-state index is 11.6. The summed E-state index contributed by atoms with van der Waals surface area (Å²) in [6.07, 6.45) is 1.27. The van der Waals surface area contributed by atoms with Crippen molar-refractivity contribution in [2.24, 2.45) is 11.7 Å². The Bertz CT molecular complexity index is 368. The van der Waals surface area contributed by atoms with Gasteiger partial charge in [0.1, 0.15) is 0 Å². The zero-order valence-corrected chi connectivity index (χ0v) is 11.7. The van der Waals surface area contributed by atoms with E-state index in [1.165, 1.54) is 0 Å². The van der Waals surface area contributed by atoms with Gasteiger partial charge >= 0.3 is 0 Å². The Balaban J connectivity index is 2.31. The van der Waals surface area contributed by atoms with Gasteiger partial charge in [-0.2, -0.15) is 0 Å². The van der Waals surface area contributed by atoms with E-state index in [0.29, 0.717) is 25.4 Å². The minimum atomic E-state index is 0.0843. The molecule has 94 valence electrons. The van der Waals surface area contributed by atoms with Gasteiger partial charge in [-0.05, 0) is 30.5 Å². The number of carbonyl (C=O) groups is 1. The Kier molecular flexibility index (Phi) is 6.22. The predicted octanol–water partition coefficient (Wildman–Crippen LogP) is 2.09. The van der Waals surface area contributed by atoms with Crippen LogP contribution in [0, 0.1) is 5.92 Å². The smallest absolute Gasteiger partial charge is 0.220 e. The molecule has 0 fully saturated rings. The molecule has 1 aromatic rings. The number of amides is 1. The zero-order chi connectivity index (χ0) is 12.7. The first-order valence-electron chi connectivity index (χ1n) is 5.83. The normalized spacial score (nSPS) is 12.2. The molecule has 0 spiro atoms. The largest absolute Gasteiger partial charge is 0.356 e. The highest BCUT2D eigenvalue weighted by atomic mass is 79.9. The van der Waals surface area contributed by atoms with Gasteiger partial charge in [0.25, 0.3) is 0 Å². The summed E-state index contributed by atoms with van der Waals surface area (Å²) < 4.78 is 1.06. The van der Waals surface area contributed by atoms with Gasteiger partial charge in [-0.1, -0.05) is 41.1 Å². The van der Waals surface area contributed by atoms with Crippen molar-refractivity contribution in [3.63, 3.8) is 0 Å². The van der Waals surface area contributed by atoms with Gasteiger partial charge in [-0.15, -0.1) is 0 Å². The molecule has 1 aromatic carbocycles. The van der Waals surface area contributed by atoms with E-state index >= 15 is 0 Å². The molecular formula is C13H19BrN2O. The predicted molar refractivity (Wildman–Crippen MR) is 73.7 cm³/mol. The summed E-state index contributed by atoms with van der Waals surface area (Å²) in [4.78, 5) is 11.6. The molecule has 3 N–H and O–H groups in total. The van der Waals surface area contributed by atoms with E-state index in [0.717, 1.165) is 16.5 Å². The summed E-state index contributed by atoms with van der Waals surface area (Å²) in [5, 5.41) is 2.89. The van der Waals surface area contributed by atoms with Crippen LogP contribution in [0.15, 0.2) is 28.7 Å². The number of carbonyl (C=O) groups excluding carboxylic acids is 1. The number of halogens is 1. The molecule has 0 aliphatic carbocycles. The monoisotopic (exact) mass is 298 g/mol. The molecule has 1 amide bonds. The van der Waals surface area contributed by atoms with Crippen molar-refractivity contribution in [1.29, 1.82) is 0 Å². The minimum Gasteiger partial charge on any atom is -0.356 e. The van der Waals surface area contributed by atoms with Crippen LogP contribution in [-0.2, 0) is 11.2 Å². The Labute approximate surface area is 111 Å². The summed E-state index contributed by atoms with van der Waals surface area (Å²) in [6.45, 7) is 3.28. The number of aryl methyl sites for hydroxylation is 1. The van der Waals surface area contributed by atoms with Crippen LogP contribution < -0.4 is 11.1 Å². The molecular weight excluding hydrogens is 280 g/mol. The van der Waals surface area contributed by atoms with E-state index < -0.39 is 0 Å². The average Bonchev–Trinajstić information content (AvgIpc) is 2.35. The molecule has 0 radical (unpaired) electrons. The molecule has 0 heterocycles. The molecule has 4 heteroatoms. The van der Waals surface area contributed by atoms with Gasteiger partial charge in [0.15, 0.2) is 0 Å². The lowest BCUT2D eigenvalue weighted by atomic mass is 10.1. The van der Waals surface area contributed by atoms with Crippen molar-refractivity contribution in [2.75, 3.05) is 13.1 Å². The van der Waals surface area contributed by atoms with Crippen molar-refractivity contribution in [3.05, 3.63) is 34.3 Å². The quantitative estimate of drug-likeness (QED) is 0.845. The van der Waals surface area contributed by atoms with Crippen molar-refractivity contribution in [3.8, 4) is 0 Å². The van der Waals surface area contributed by atoms with Gasteiger partial charge in [0.05, 0.1) is 0 Å². The van der Waals surface area contributed by atoms with Crippen LogP contribution in [0.3, 0.4) is 0 Å². The lowest BCUT2D eigenvalue weighted by Gasteiger charge is -2.10. The maximum atomic E-state index is 11.6. The number of nitrogens with one attached hydrogen (secondary N) is 1.